The molecule has 0 amide bonds. The van der Waals surface area contributed by atoms with Crippen LogP contribution in [0.25, 0.3) is 0 Å². The summed E-state index contributed by atoms with van der Waals surface area (Å²) in [4.78, 5) is 25.9. The fourth-order valence-corrected chi connectivity index (χ4v) is 13.4. The molecule has 3 heterocycles. The molecule has 4 aliphatic carbocycles. The standard InChI is InChI=1S/C44H72O8S/c1-6-53-42(46)29(3)35(45)19-16-28(2)32-17-18-33-41-34(27-37(44(32,33)5)52-40-15-9-12-24-49-40)43(4)21-20-31(50-38-13-7-10-22-47-38)25-30(43)26-36(41)51-39-14-8-11-23-48-39/h28-34,36-41H,6-27H2,1-5H3/t28-,29?,30+,31-,32-,33+,34+,36-,37+,38?,39?,40?,41+,43+,44-/m1/s1. The van der Waals surface area contributed by atoms with Crippen LogP contribution in [0, 0.1) is 52.3 Å². The third kappa shape index (κ3) is 8.67. The van der Waals surface area contributed by atoms with Gasteiger partial charge < -0.3 is 28.4 Å². The Kier molecular flexibility index (Phi) is 13.8. The number of carbonyl (C=O) groups excluding carboxylic acids is 2. The van der Waals surface area contributed by atoms with Crippen LogP contribution >= 0.6 is 11.8 Å². The van der Waals surface area contributed by atoms with Gasteiger partial charge in [0.1, 0.15) is 5.78 Å². The van der Waals surface area contributed by atoms with Crippen molar-refractivity contribution in [2.24, 2.45) is 52.3 Å². The highest BCUT2D eigenvalue weighted by Gasteiger charge is 2.67. The molecule has 0 spiro atoms. The monoisotopic (exact) mass is 760 g/mol. The van der Waals surface area contributed by atoms with Crippen LogP contribution in [-0.4, -0.2) is 73.7 Å². The number of hydrogen-bond donors (Lipinski definition) is 0. The molecule has 0 N–H and O–H groups in total. The normalized spacial score (nSPS) is 44.3. The molecule has 0 radical (unpaired) electrons. The van der Waals surface area contributed by atoms with Gasteiger partial charge in [0.2, 0.25) is 0 Å². The number of thioether (sulfide) groups is 1. The average molecular weight is 761 g/mol. The molecule has 15 atom stereocenters. The summed E-state index contributed by atoms with van der Waals surface area (Å²) in [5.74, 6) is 2.99. The van der Waals surface area contributed by atoms with Crippen molar-refractivity contribution < 1.29 is 38.0 Å². The largest absolute Gasteiger partial charge is 0.353 e. The summed E-state index contributed by atoms with van der Waals surface area (Å²) in [5, 5.41) is 0.0114. The van der Waals surface area contributed by atoms with Gasteiger partial charge in [-0.05, 0) is 163 Å². The number of ether oxygens (including phenoxy) is 6. The van der Waals surface area contributed by atoms with Gasteiger partial charge in [0.25, 0.3) is 0 Å². The van der Waals surface area contributed by atoms with E-state index >= 15 is 0 Å². The van der Waals surface area contributed by atoms with Crippen LogP contribution in [0.1, 0.15) is 150 Å². The molecule has 4 unspecified atom stereocenters. The quantitative estimate of drug-likeness (QED) is 0.135. The van der Waals surface area contributed by atoms with Gasteiger partial charge in [-0.2, -0.15) is 0 Å². The third-order valence-electron chi connectivity index (χ3n) is 15.8. The van der Waals surface area contributed by atoms with Crippen molar-refractivity contribution in [1.82, 2.24) is 0 Å². The van der Waals surface area contributed by atoms with Gasteiger partial charge in [-0.1, -0.05) is 39.5 Å². The molecule has 8 nitrogen and oxygen atoms in total. The summed E-state index contributed by atoms with van der Waals surface area (Å²) < 4.78 is 39.9. The van der Waals surface area contributed by atoms with E-state index in [-0.39, 0.29) is 58.9 Å². The number of hydrogen-bond acceptors (Lipinski definition) is 9. The van der Waals surface area contributed by atoms with Gasteiger partial charge in [-0.3, -0.25) is 9.59 Å². The Morgan fingerprint density at radius 1 is 0.755 bits per heavy atom. The second-order valence-corrected chi connectivity index (χ2v) is 20.0. The molecule has 302 valence electrons. The number of fused-ring (bicyclic) bond motifs is 5. The van der Waals surface area contributed by atoms with E-state index in [1.165, 1.54) is 37.4 Å². The Balaban J connectivity index is 1.16. The Morgan fingerprint density at radius 2 is 1.40 bits per heavy atom. The second kappa shape index (κ2) is 17.9. The van der Waals surface area contributed by atoms with Crippen molar-refractivity contribution in [2.45, 2.75) is 187 Å². The summed E-state index contributed by atoms with van der Waals surface area (Å²) in [5.41, 5.74) is 0.137. The maximum absolute atomic E-state index is 13.3. The minimum absolute atomic E-state index is 0.0114. The van der Waals surface area contributed by atoms with Gasteiger partial charge in [-0.25, -0.2) is 0 Å². The van der Waals surface area contributed by atoms with E-state index in [9.17, 15) is 9.59 Å². The lowest BCUT2D eigenvalue weighted by molar-refractivity contribution is -0.289. The lowest BCUT2D eigenvalue weighted by Gasteiger charge is -2.65. The molecule has 0 aromatic carbocycles. The van der Waals surface area contributed by atoms with Crippen molar-refractivity contribution >= 4 is 22.7 Å². The number of ketones is 1. The van der Waals surface area contributed by atoms with E-state index in [4.69, 9.17) is 28.4 Å². The van der Waals surface area contributed by atoms with Gasteiger partial charge >= 0.3 is 0 Å². The smallest absolute Gasteiger partial charge is 0.199 e. The fraction of sp³-hybridized carbons (Fsp3) is 0.955. The maximum atomic E-state index is 13.3. The zero-order chi connectivity index (χ0) is 37.2. The molecule has 7 rings (SSSR count). The second-order valence-electron chi connectivity index (χ2n) is 18.7. The van der Waals surface area contributed by atoms with Gasteiger partial charge in [0.05, 0.1) is 24.2 Å². The van der Waals surface area contributed by atoms with E-state index in [0.717, 1.165) is 103 Å². The lowest BCUT2D eigenvalue weighted by Crippen LogP contribution is -2.64. The van der Waals surface area contributed by atoms with E-state index < -0.39 is 5.92 Å². The number of rotatable bonds is 13. The predicted octanol–water partition coefficient (Wildman–Crippen LogP) is 9.50. The Hall–Kier alpha value is -0.550. The SMILES string of the molecule is CCSC(=O)C(C)C(=O)CC[C@@H](C)[C@H]1CC[C@H]2[C@@H]3[C@H](OC4CCCCO4)C[C@@H]4C[C@H](OC5CCCCO5)CC[C@]4(C)[C@H]3C[C@H](OC3CCCCO3)[C@]12C. The fourth-order valence-electron chi connectivity index (χ4n) is 12.8. The van der Waals surface area contributed by atoms with Gasteiger partial charge in [0.15, 0.2) is 24.0 Å². The molecule has 0 aromatic rings. The van der Waals surface area contributed by atoms with Crippen LogP contribution in [0.15, 0.2) is 0 Å². The topological polar surface area (TPSA) is 89.5 Å². The number of Topliss-reactive ketones (excluding diaryl/α,β-unsaturated/α-hetero) is 1. The van der Waals surface area contributed by atoms with Crippen molar-refractivity contribution in [1.29, 1.82) is 0 Å². The molecular weight excluding hydrogens is 689 g/mol. The molecule has 0 bridgehead atoms. The van der Waals surface area contributed by atoms with Crippen LogP contribution in [-0.2, 0) is 38.0 Å². The first-order valence-electron chi connectivity index (χ1n) is 22.1. The van der Waals surface area contributed by atoms with Crippen molar-refractivity contribution in [3.8, 4) is 0 Å². The Labute approximate surface area is 325 Å². The van der Waals surface area contributed by atoms with E-state index in [2.05, 4.69) is 20.8 Å². The maximum Gasteiger partial charge on any atom is 0.199 e. The van der Waals surface area contributed by atoms with Crippen LogP contribution < -0.4 is 0 Å². The third-order valence-corrected chi connectivity index (χ3v) is 16.7. The summed E-state index contributed by atoms with van der Waals surface area (Å²) in [6.45, 7) is 13.7. The van der Waals surface area contributed by atoms with E-state index in [1.54, 1.807) is 6.92 Å². The Bertz CT molecular complexity index is 1210. The lowest BCUT2D eigenvalue weighted by atomic mass is 9.43. The summed E-state index contributed by atoms with van der Waals surface area (Å²) in [6, 6.07) is 0. The highest BCUT2D eigenvalue weighted by Crippen LogP contribution is 2.69. The van der Waals surface area contributed by atoms with Gasteiger partial charge in [-0.15, -0.1) is 0 Å². The first kappa shape index (κ1) is 40.6. The zero-order valence-electron chi connectivity index (χ0n) is 33.7. The minimum Gasteiger partial charge on any atom is -0.353 e. The molecule has 9 heteroatoms. The first-order chi connectivity index (χ1) is 25.6. The predicted molar refractivity (Wildman–Crippen MR) is 207 cm³/mol. The van der Waals surface area contributed by atoms with E-state index in [1.807, 2.05) is 6.92 Å². The van der Waals surface area contributed by atoms with Crippen molar-refractivity contribution in [3.05, 3.63) is 0 Å². The molecule has 4 saturated carbocycles. The molecule has 7 fully saturated rings. The van der Waals surface area contributed by atoms with Crippen LogP contribution in [0.5, 0.6) is 0 Å². The minimum atomic E-state index is -0.527. The molecule has 7 aliphatic rings. The highest BCUT2D eigenvalue weighted by atomic mass is 32.2. The molecule has 0 aromatic heterocycles. The molecular formula is C44H72O8S. The number of carbonyl (C=O) groups is 2. The molecule has 3 saturated heterocycles. The highest BCUT2D eigenvalue weighted by molar-refractivity contribution is 8.13. The van der Waals surface area contributed by atoms with Gasteiger partial charge in [0, 0.05) is 31.7 Å². The zero-order valence-corrected chi connectivity index (χ0v) is 34.6. The van der Waals surface area contributed by atoms with Crippen LogP contribution in [0.3, 0.4) is 0 Å². The molecule has 53 heavy (non-hydrogen) atoms. The van der Waals surface area contributed by atoms with Crippen molar-refractivity contribution in [3.63, 3.8) is 0 Å². The first-order valence-corrected chi connectivity index (χ1v) is 23.1. The molecule has 3 aliphatic heterocycles. The van der Waals surface area contributed by atoms with E-state index in [0.29, 0.717) is 47.7 Å². The average Bonchev–Trinajstić information content (AvgIpc) is 3.53. The summed E-state index contributed by atoms with van der Waals surface area (Å²) in [7, 11) is 0. The Morgan fingerprint density at radius 3 is 2.02 bits per heavy atom. The van der Waals surface area contributed by atoms with Crippen LogP contribution in [0.2, 0.25) is 0 Å². The summed E-state index contributed by atoms with van der Waals surface area (Å²) in [6.07, 6.45) is 19.1. The van der Waals surface area contributed by atoms with Crippen molar-refractivity contribution in [2.75, 3.05) is 25.6 Å². The van der Waals surface area contributed by atoms with Crippen LogP contribution in [0.4, 0.5) is 0 Å². The summed E-state index contributed by atoms with van der Waals surface area (Å²) >= 11 is 1.27.